The van der Waals surface area contributed by atoms with E-state index in [9.17, 15) is 13.2 Å². The van der Waals surface area contributed by atoms with Gasteiger partial charge in [0.05, 0.1) is 5.56 Å². The quantitative estimate of drug-likeness (QED) is 0.647. The second kappa shape index (κ2) is 5.34. The zero-order valence-corrected chi connectivity index (χ0v) is 11.3. The number of benzene rings is 1. The van der Waals surface area contributed by atoms with Crippen molar-refractivity contribution in [2.75, 3.05) is 18.0 Å². The van der Waals surface area contributed by atoms with E-state index in [2.05, 4.69) is 6.92 Å². The predicted octanol–water partition coefficient (Wildman–Crippen LogP) is 3.23. The van der Waals surface area contributed by atoms with Gasteiger partial charge in [0.1, 0.15) is 5.84 Å². The van der Waals surface area contributed by atoms with Gasteiger partial charge in [-0.1, -0.05) is 6.92 Å². The van der Waals surface area contributed by atoms with Crippen LogP contribution in [0.3, 0.4) is 0 Å². The molecule has 0 spiro atoms. The summed E-state index contributed by atoms with van der Waals surface area (Å²) in [6.45, 7) is 3.67. The van der Waals surface area contributed by atoms with Crippen molar-refractivity contribution >= 4 is 11.5 Å². The average Bonchev–Trinajstić information content (AvgIpc) is 2.38. The highest BCUT2D eigenvalue weighted by atomic mass is 19.4. The third-order valence-electron chi connectivity index (χ3n) is 3.75. The van der Waals surface area contributed by atoms with E-state index in [0.717, 1.165) is 32.0 Å². The molecule has 1 heterocycles. The Balaban J connectivity index is 2.35. The van der Waals surface area contributed by atoms with E-state index < -0.39 is 17.6 Å². The Hall–Kier alpha value is -1.72. The van der Waals surface area contributed by atoms with Gasteiger partial charge in [-0.2, -0.15) is 13.2 Å². The van der Waals surface area contributed by atoms with Crippen LogP contribution in [0.25, 0.3) is 0 Å². The van der Waals surface area contributed by atoms with Crippen molar-refractivity contribution in [2.45, 2.75) is 25.9 Å². The van der Waals surface area contributed by atoms with E-state index in [1.165, 1.54) is 6.07 Å². The number of halogens is 3. The second-order valence-corrected chi connectivity index (χ2v) is 5.31. The fourth-order valence-electron chi connectivity index (χ4n) is 2.47. The van der Waals surface area contributed by atoms with Crippen molar-refractivity contribution < 1.29 is 13.2 Å². The monoisotopic (exact) mass is 285 g/mol. The molecule has 6 heteroatoms. The SMILES string of the molecule is CC1CCN(c2ccc(C(=N)N)c(C(F)(F)F)c2)CC1. The number of alkyl halides is 3. The molecule has 2 rings (SSSR count). The smallest absolute Gasteiger partial charge is 0.384 e. The van der Waals surface area contributed by atoms with E-state index in [4.69, 9.17) is 11.1 Å². The largest absolute Gasteiger partial charge is 0.417 e. The van der Waals surface area contributed by atoms with Gasteiger partial charge >= 0.3 is 6.18 Å². The van der Waals surface area contributed by atoms with Gasteiger partial charge in [0.25, 0.3) is 0 Å². The minimum Gasteiger partial charge on any atom is -0.384 e. The average molecular weight is 285 g/mol. The summed E-state index contributed by atoms with van der Waals surface area (Å²) in [5, 5.41) is 7.26. The normalized spacial score (nSPS) is 17.3. The summed E-state index contributed by atoms with van der Waals surface area (Å²) in [7, 11) is 0. The maximum atomic E-state index is 13.0. The Labute approximate surface area is 116 Å². The minimum absolute atomic E-state index is 0.258. The maximum Gasteiger partial charge on any atom is 0.417 e. The second-order valence-electron chi connectivity index (χ2n) is 5.31. The number of nitrogen functional groups attached to an aromatic ring is 1. The molecule has 0 saturated carbocycles. The third-order valence-corrected chi connectivity index (χ3v) is 3.75. The third kappa shape index (κ3) is 3.05. The summed E-state index contributed by atoms with van der Waals surface area (Å²) in [6.07, 6.45) is -2.54. The van der Waals surface area contributed by atoms with Crippen LogP contribution in [0.15, 0.2) is 18.2 Å². The Bertz CT molecular complexity index is 503. The van der Waals surface area contributed by atoms with Crippen LogP contribution in [0.5, 0.6) is 0 Å². The molecule has 1 fully saturated rings. The molecule has 1 aromatic carbocycles. The number of amidine groups is 1. The van der Waals surface area contributed by atoms with E-state index >= 15 is 0 Å². The first-order chi connectivity index (χ1) is 9.29. The van der Waals surface area contributed by atoms with Crippen LogP contribution in [0, 0.1) is 11.3 Å². The number of hydrogen-bond acceptors (Lipinski definition) is 2. The zero-order chi connectivity index (χ0) is 14.9. The molecule has 0 radical (unpaired) electrons. The molecule has 0 aromatic heterocycles. The van der Waals surface area contributed by atoms with Gasteiger partial charge in [-0.15, -0.1) is 0 Å². The van der Waals surface area contributed by atoms with Gasteiger partial charge in [0.15, 0.2) is 0 Å². The maximum absolute atomic E-state index is 13.0. The van der Waals surface area contributed by atoms with Crippen molar-refractivity contribution in [3.05, 3.63) is 29.3 Å². The van der Waals surface area contributed by atoms with Crippen molar-refractivity contribution in [3.8, 4) is 0 Å². The van der Waals surface area contributed by atoms with Crippen LogP contribution in [0.2, 0.25) is 0 Å². The zero-order valence-electron chi connectivity index (χ0n) is 11.3. The lowest BCUT2D eigenvalue weighted by Gasteiger charge is -2.32. The van der Waals surface area contributed by atoms with Crippen LogP contribution >= 0.6 is 0 Å². The molecule has 0 aliphatic carbocycles. The van der Waals surface area contributed by atoms with Crippen molar-refractivity contribution in [3.63, 3.8) is 0 Å². The fourth-order valence-corrected chi connectivity index (χ4v) is 2.47. The van der Waals surface area contributed by atoms with E-state index in [1.807, 2.05) is 4.90 Å². The number of piperidine rings is 1. The molecule has 3 N–H and O–H groups in total. The van der Waals surface area contributed by atoms with Crippen LogP contribution < -0.4 is 10.6 Å². The first-order valence-corrected chi connectivity index (χ1v) is 6.59. The lowest BCUT2D eigenvalue weighted by Crippen LogP contribution is -2.33. The van der Waals surface area contributed by atoms with Crippen LogP contribution in [-0.4, -0.2) is 18.9 Å². The van der Waals surface area contributed by atoms with Crippen LogP contribution in [0.4, 0.5) is 18.9 Å². The molecular weight excluding hydrogens is 267 g/mol. The molecule has 110 valence electrons. The number of hydrogen-bond donors (Lipinski definition) is 2. The van der Waals surface area contributed by atoms with Crippen molar-refractivity contribution in [1.82, 2.24) is 0 Å². The van der Waals surface area contributed by atoms with Gasteiger partial charge < -0.3 is 10.6 Å². The topological polar surface area (TPSA) is 53.1 Å². The Kier molecular flexibility index (Phi) is 3.92. The highest BCUT2D eigenvalue weighted by molar-refractivity contribution is 5.97. The van der Waals surface area contributed by atoms with Crippen LogP contribution in [-0.2, 0) is 6.18 Å². The molecule has 0 bridgehead atoms. The molecule has 3 nitrogen and oxygen atoms in total. The first kappa shape index (κ1) is 14.7. The molecule has 1 saturated heterocycles. The van der Waals surface area contributed by atoms with Gasteiger partial charge in [-0.25, -0.2) is 0 Å². The molecular formula is C14H18F3N3. The van der Waals surface area contributed by atoms with Gasteiger partial charge in [0, 0.05) is 24.3 Å². The first-order valence-electron chi connectivity index (χ1n) is 6.59. The minimum atomic E-state index is -4.50. The van der Waals surface area contributed by atoms with Gasteiger partial charge in [-0.3, -0.25) is 5.41 Å². The Morgan fingerprint density at radius 1 is 1.30 bits per heavy atom. The molecule has 1 aromatic rings. The highest BCUT2D eigenvalue weighted by Crippen LogP contribution is 2.35. The summed E-state index contributed by atoms with van der Waals surface area (Å²) < 4.78 is 39.1. The van der Waals surface area contributed by atoms with Gasteiger partial charge in [0.2, 0.25) is 0 Å². The van der Waals surface area contributed by atoms with E-state index in [-0.39, 0.29) is 5.56 Å². The summed E-state index contributed by atoms with van der Waals surface area (Å²) in [4.78, 5) is 1.96. The summed E-state index contributed by atoms with van der Waals surface area (Å²) in [5.41, 5.74) is 4.69. The number of nitrogens with one attached hydrogen (secondary N) is 1. The lowest BCUT2D eigenvalue weighted by molar-refractivity contribution is -0.137. The molecule has 0 unspecified atom stereocenters. The summed E-state index contributed by atoms with van der Waals surface area (Å²) in [6, 6.07) is 4.01. The number of anilines is 1. The number of nitrogens with zero attached hydrogens (tertiary/aromatic N) is 1. The number of rotatable bonds is 2. The van der Waals surface area contributed by atoms with Crippen molar-refractivity contribution in [2.24, 2.45) is 11.7 Å². The Morgan fingerprint density at radius 3 is 2.40 bits per heavy atom. The molecule has 1 aliphatic rings. The standard InChI is InChI=1S/C14H18F3N3/c1-9-4-6-20(7-5-9)10-2-3-11(13(18)19)12(8-10)14(15,16)17/h2-3,8-9H,4-7H2,1H3,(H3,18,19). The highest BCUT2D eigenvalue weighted by Gasteiger charge is 2.35. The molecule has 0 atom stereocenters. The number of nitrogens with two attached hydrogens (primary N) is 1. The summed E-state index contributed by atoms with van der Waals surface area (Å²) >= 11 is 0. The van der Waals surface area contributed by atoms with E-state index in [0.29, 0.717) is 11.6 Å². The van der Waals surface area contributed by atoms with E-state index in [1.54, 1.807) is 6.07 Å². The lowest BCUT2D eigenvalue weighted by atomic mass is 9.98. The summed E-state index contributed by atoms with van der Waals surface area (Å²) in [5.74, 6) is 0.0565. The predicted molar refractivity (Wildman–Crippen MR) is 73.1 cm³/mol. The molecule has 1 aliphatic heterocycles. The van der Waals surface area contributed by atoms with Crippen LogP contribution in [0.1, 0.15) is 30.9 Å². The van der Waals surface area contributed by atoms with Crippen molar-refractivity contribution in [1.29, 1.82) is 5.41 Å². The molecule has 20 heavy (non-hydrogen) atoms. The molecule has 0 amide bonds. The fraction of sp³-hybridized carbons (Fsp3) is 0.500. The van der Waals surface area contributed by atoms with Gasteiger partial charge in [-0.05, 0) is 37.0 Å². The Morgan fingerprint density at radius 2 is 1.90 bits per heavy atom.